The van der Waals surface area contributed by atoms with Crippen LogP contribution in [0, 0.1) is 12.8 Å². The van der Waals surface area contributed by atoms with Gasteiger partial charge in [-0.05, 0) is 50.7 Å². The number of nitrogens with zero attached hydrogens (tertiary/aromatic N) is 3. The standard InChI is InChI=1S/C20H27N3O3S/c1-14-8-9-17(27-14)20(24)23-11-4-7-16(23)19-21-18(22-26-19)10-12-25-13-15-5-2-3-6-15/h8-9,15-16H,2-7,10-13H2,1H3. The summed E-state index contributed by atoms with van der Waals surface area (Å²) in [6.07, 6.45) is 7.75. The fraction of sp³-hybridized carbons (Fsp3) is 0.650. The number of hydrogen-bond acceptors (Lipinski definition) is 6. The predicted molar refractivity (Wildman–Crippen MR) is 103 cm³/mol. The molecule has 7 heteroatoms. The van der Waals surface area contributed by atoms with E-state index in [0.29, 0.717) is 24.7 Å². The highest BCUT2D eigenvalue weighted by atomic mass is 32.1. The average Bonchev–Trinajstić information content (AvgIpc) is 3.45. The van der Waals surface area contributed by atoms with Crippen LogP contribution in [0.15, 0.2) is 16.7 Å². The van der Waals surface area contributed by atoms with Gasteiger partial charge in [0.1, 0.15) is 6.04 Å². The predicted octanol–water partition coefficient (Wildman–Crippen LogP) is 4.17. The van der Waals surface area contributed by atoms with E-state index in [1.54, 1.807) is 0 Å². The Hall–Kier alpha value is -1.73. The summed E-state index contributed by atoms with van der Waals surface area (Å²) >= 11 is 1.53. The molecule has 1 aliphatic carbocycles. The Labute approximate surface area is 163 Å². The first-order valence-corrected chi connectivity index (χ1v) is 10.8. The number of rotatable bonds is 7. The Morgan fingerprint density at radius 2 is 2.15 bits per heavy atom. The van der Waals surface area contributed by atoms with Gasteiger partial charge in [-0.1, -0.05) is 18.0 Å². The Balaban J connectivity index is 1.32. The average molecular weight is 390 g/mol. The minimum Gasteiger partial charge on any atom is -0.381 e. The van der Waals surface area contributed by atoms with Gasteiger partial charge in [0.2, 0.25) is 5.89 Å². The zero-order valence-corrected chi connectivity index (χ0v) is 16.7. The summed E-state index contributed by atoms with van der Waals surface area (Å²) in [5.74, 6) is 2.02. The molecule has 1 unspecified atom stereocenters. The molecule has 1 atom stereocenters. The van der Waals surface area contributed by atoms with E-state index in [2.05, 4.69) is 10.1 Å². The summed E-state index contributed by atoms with van der Waals surface area (Å²) in [5, 5.41) is 4.10. The van der Waals surface area contributed by atoms with Gasteiger partial charge in [0, 0.05) is 24.4 Å². The van der Waals surface area contributed by atoms with E-state index in [1.165, 1.54) is 37.0 Å². The van der Waals surface area contributed by atoms with Crippen LogP contribution in [0.25, 0.3) is 0 Å². The molecule has 4 rings (SSSR count). The van der Waals surface area contributed by atoms with E-state index in [0.717, 1.165) is 41.7 Å². The summed E-state index contributed by atoms with van der Waals surface area (Å²) in [7, 11) is 0. The monoisotopic (exact) mass is 389 g/mol. The topological polar surface area (TPSA) is 68.5 Å². The first-order chi connectivity index (χ1) is 13.2. The van der Waals surface area contributed by atoms with Crippen LogP contribution in [0.3, 0.4) is 0 Å². The van der Waals surface area contributed by atoms with Crippen molar-refractivity contribution in [2.45, 2.75) is 57.9 Å². The van der Waals surface area contributed by atoms with E-state index in [4.69, 9.17) is 9.26 Å². The van der Waals surface area contributed by atoms with Gasteiger partial charge < -0.3 is 14.2 Å². The summed E-state index contributed by atoms with van der Waals surface area (Å²) in [6, 6.07) is 3.78. The largest absolute Gasteiger partial charge is 0.381 e. The van der Waals surface area contributed by atoms with Crippen molar-refractivity contribution in [2.24, 2.45) is 5.92 Å². The smallest absolute Gasteiger partial charge is 0.264 e. The SMILES string of the molecule is Cc1ccc(C(=O)N2CCCC2c2nc(CCOCC3CCCC3)no2)s1. The Bertz CT molecular complexity index is 766. The molecule has 2 aliphatic rings. The van der Waals surface area contributed by atoms with Gasteiger partial charge in [0.15, 0.2) is 5.82 Å². The van der Waals surface area contributed by atoms with Crippen molar-refractivity contribution < 1.29 is 14.1 Å². The van der Waals surface area contributed by atoms with Gasteiger partial charge in [-0.25, -0.2) is 0 Å². The van der Waals surface area contributed by atoms with Crippen molar-refractivity contribution in [3.05, 3.63) is 33.6 Å². The molecule has 0 N–H and O–H groups in total. The first kappa shape index (κ1) is 18.6. The van der Waals surface area contributed by atoms with Gasteiger partial charge in [0.25, 0.3) is 5.91 Å². The second kappa shape index (κ2) is 8.52. The van der Waals surface area contributed by atoms with E-state index < -0.39 is 0 Å². The molecule has 0 bridgehead atoms. The lowest BCUT2D eigenvalue weighted by molar-refractivity contribution is 0.0715. The van der Waals surface area contributed by atoms with Crippen LogP contribution in [0.4, 0.5) is 0 Å². The van der Waals surface area contributed by atoms with Crippen LogP contribution >= 0.6 is 11.3 Å². The van der Waals surface area contributed by atoms with Gasteiger partial charge in [-0.15, -0.1) is 11.3 Å². The van der Waals surface area contributed by atoms with Gasteiger partial charge in [-0.2, -0.15) is 4.98 Å². The van der Waals surface area contributed by atoms with Crippen LogP contribution in [0.2, 0.25) is 0 Å². The molecule has 3 heterocycles. The van der Waals surface area contributed by atoms with E-state index in [-0.39, 0.29) is 11.9 Å². The third-order valence-electron chi connectivity index (χ3n) is 5.53. The fourth-order valence-corrected chi connectivity index (χ4v) is 4.88. The molecule has 1 amide bonds. The lowest BCUT2D eigenvalue weighted by Crippen LogP contribution is -2.30. The third kappa shape index (κ3) is 4.41. The molecule has 1 saturated carbocycles. The van der Waals surface area contributed by atoms with E-state index in [9.17, 15) is 4.79 Å². The van der Waals surface area contributed by atoms with Crippen LogP contribution in [-0.2, 0) is 11.2 Å². The van der Waals surface area contributed by atoms with Gasteiger partial charge in [0.05, 0.1) is 11.5 Å². The molecule has 1 aliphatic heterocycles. The molecule has 1 saturated heterocycles. The lowest BCUT2D eigenvalue weighted by atomic mass is 10.1. The molecule has 6 nitrogen and oxygen atoms in total. The Morgan fingerprint density at radius 3 is 2.93 bits per heavy atom. The van der Waals surface area contributed by atoms with Crippen LogP contribution in [0.1, 0.15) is 70.8 Å². The highest BCUT2D eigenvalue weighted by Gasteiger charge is 2.35. The normalized spacial score (nSPS) is 20.6. The van der Waals surface area contributed by atoms with Crippen molar-refractivity contribution >= 4 is 17.2 Å². The number of carbonyl (C=O) groups excluding carboxylic acids is 1. The second-order valence-corrected chi connectivity index (χ2v) is 8.88. The molecular weight excluding hydrogens is 362 g/mol. The van der Waals surface area contributed by atoms with Crippen molar-refractivity contribution in [2.75, 3.05) is 19.8 Å². The maximum atomic E-state index is 12.8. The number of hydrogen-bond donors (Lipinski definition) is 0. The Morgan fingerprint density at radius 1 is 1.30 bits per heavy atom. The van der Waals surface area contributed by atoms with E-state index >= 15 is 0 Å². The van der Waals surface area contributed by atoms with Crippen molar-refractivity contribution in [3.8, 4) is 0 Å². The van der Waals surface area contributed by atoms with Crippen molar-refractivity contribution in [3.63, 3.8) is 0 Å². The first-order valence-electron chi connectivity index (χ1n) is 9.98. The maximum absolute atomic E-state index is 12.8. The molecule has 2 fully saturated rings. The van der Waals surface area contributed by atoms with Crippen LogP contribution < -0.4 is 0 Å². The summed E-state index contributed by atoms with van der Waals surface area (Å²) in [4.78, 5) is 21.2. The quantitative estimate of drug-likeness (QED) is 0.665. The minimum absolute atomic E-state index is 0.0650. The zero-order valence-electron chi connectivity index (χ0n) is 15.9. The maximum Gasteiger partial charge on any atom is 0.264 e. The highest BCUT2D eigenvalue weighted by Crippen LogP contribution is 2.33. The molecule has 146 valence electrons. The molecule has 2 aromatic heterocycles. The lowest BCUT2D eigenvalue weighted by Gasteiger charge is -2.21. The van der Waals surface area contributed by atoms with Gasteiger partial charge in [-0.3, -0.25) is 4.79 Å². The molecule has 2 aromatic rings. The molecule has 27 heavy (non-hydrogen) atoms. The number of amides is 1. The number of likely N-dealkylation sites (tertiary alicyclic amines) is 1. The molecule has 0 spiro atoms. The number of aromatic nitrogens is 2. The van der Waals surface area contributed by atoms with Crippen LogP contribution in [0.5, 0.6) is 0 Å². The molecular formula is C20H27N3O3S. The summed E-state index contributed by atoms with van der Waals surface area (Å²) in [5.41, 5.74) is 0. The third-order valence-corrected chi connectivity index (χ3v) is 6.52. The number of thiophene rings is 1. The second-order valence-electron chi connectivity index (χ2n) is 7.59. The highest BCUT2D eigenvalue weighted by molar-refractivity contribution is 7.13. The van der Waals surface area contributed by atoms with Gasteiger partial charge >= 0.3 is 0 Å². The Kier molecular flexibility index (Phi) is 5.88. The fourth-order valence-electron chi connectivity index (χ4n) is 4.05. The number of carbonyl (C=O) groups is 1. The molecule has 0 aromatic carbocycles. The van der Waals surface area contributed by atoms with Crippen molar-refractivity contribution in [1.29, 1.82) is 0 Å². The minimum atomic E-state index is -0.111. The number of aryl methyl sites for hydroxylation is 1. The number of ether oxygens (including phenoxy) is 1. The molecule has 0 radical (unpaired) electrons. The summed E-state index contributed by atoms with van der Waals surface area (Å²) in [6.45, 7) is 4.22. The van der Waals surface area contributed by atoms with Crippen molar-refractivity contribution in [1.82, 2.24) is 15.0 Å². The summed E-state index contributed by atoms with van der Waals surface area (Å²) < 4.78 is 11.3. The zero-order chi connectivity index (χ0) is 18.6. The van der Waals surface area contributed by atoms with Crippen LogP contribution in [-0.4, -0.2) is 40.7 Å². The van der Waals surface area contributed by atoms with E-state index in [1.807, 2.05) is 24.0 Å².